The van der Waals surface area contributed by atoms with Gasteiger partial charge in [-0.2, -0.15) is 0 Å². The van der Waals surface area contributed by atoms with E-state index < -0.39 is 0 Å². The summed E-state index contributed by atoms with van der Waals surface area (Å²) in [6.45, 7) is 7.50. The molecule has 0 bridgehead atoms. The van der Waals surface area contributed by atoms with E-state index in [2.05, 4.69) is 35.4 Å². The summed E-state index contributed by atoms with van der Waals surface area (Å²) in [5.41, 5.74) is 3.54. The number of hydrogen-bond acceptors (Lipinski definition) is 4. The van der Waals surface area contributed by atoms with Crippen molar-refractivity contribution in [2.45, 2.75) is 39.8 Å². The number of hydrogen-bond donors (Lipinski definition) is 1. The number of ether oxygens (including phenoxy) is 1. The van der Waals surface area contributed by atoms with Crippen LogP contribution in [0.1, 0.15) is 41.4 Å². The Hall–Kier alpha value is -1.81. The van der Waals surface area contributed by atoms with Gasteiger partial charge in [0.05, 0.1) is 18.8 Å². The van der Waals surface area contributed by atoms with E-state index in [9.17, 15) is 0 Å². The molecule has 0 aliphatic carbocycles. The predicted octanol–water partition coefficient (Wildman–Crippen LogP) is 3.08. The molecule has 0 fully saturated rings. The van der Waals surface area contributed by atoms with Gasteiger partial charge in [0.2, 0.25) is 5.89 Å². The van der Waals surface area contributed by atoms with E-state index in [1.165, 1.54) is 11.1 Å². The van der Waals surface area contributed by atoms with E-state index in [1.54, 1.807) is 0 Å². The Morgan fingerprint density at radius 3 is 2.95 bits per heavy atom. The summed E-state index contributed by atoms with van der Waals surface area (Å²) in [4.78, 5) is 4.38. The Labute approximate surface area is 119 Å². The number of rotatable bonds is 4. The summed E-state index contributed by atoms with van der Waals surface area (Å²) in [6, 6.07) is 6.67. The first-order valence-corrected chi connectivity index (χ1v) is 7.05. The third-order valence-electron chi connectivity index (χ3n) is 3.85. The molecule has 1 N–H and O–H groups in total. The molecule has 1 aliphatic rings. The number of oxazole rings is 1. The number of aryl methyl sites for hydroxylation is 2. The maximum Gasteiger partial charge on any atom is 0.208 e. The van der Waals surface area contributed by atoms with Gasteiger partial charge in [0.1, 0.15) is 11.5 Å². The van der Waals surface area contributed by atoms with Gasteiger partial charge in [-0.15, -0.1) is 0 Å². The molecular formula is C16H20N2O2. The summed E-state index contributed by atoms with van der Waals surface area (Å²) in [6.07, 6.45) is 1.01. The largest absolute Gasteiger partial charge is 0.493 e. The van der Waals surface area contributed by atoms with Gasteiger partial charge >= 0.3 is 0 Å². The zero-order chi connectivity index (χ0) is 14.1. The Balaban J connectivity index is 1.65. The predicted molar refractivity (Wildman–Crippen MR) is 76.9 cm³/mol. The summed E-state index contributed by atoms with van der Waals surface area (Å²) < 4.78 is 11.1. The molecule has 1 atom stereocenters. The minimum atomic E-state index is 0.258. The Morgan fingerprint density at radius 2 is 2.20 bits per heavy atom. The molecule has 1 unspecified atom stereocenters. The summed E-state index contributed by atoms with van der Waals surface area (Å²) >= 11 is 0. The maximum atomic E-state index is 5.58. The van der Waals surface area contributed by atoms with Crippen LogP contribution in [0, 0.1) is 13.8 Å². The topological polar surface area (TPSA) is 47.3 Å². The Morgan fingerprint density at radius 1 is 1.35 bits per heavy atom. The van der Waals surface area contributed by atoms with Crippen molar-refractivity contribution in [1.29, 1.82) is 0 Å². The van der Waals surface area contributed by atoms with Crippen LogP contribution in [0.5, 0.6) is 5.75 Å². The molecule has 2 heterocycles. The second-order valence-corrected chi connectivity index (χ2v) is 5.32. The maximum absolute atomic E-state index is 5.58. The highest BCUT2D eigenvalue weighted by molar-refractivity contribution is 5.40. The summed E-state index contributed by atoms with van der Waals surface area (Å²) in [7, 11) is 0. The van der Waals surface area contributed by atoms with Crippen molar-refractivity contribution in [3.8, 4) is 5.75 Å². The Bertz CT molecular complexity index is 599. The zero-order valence-electron chi connectivity index (χ0n) is 12.2. The second-order valence-electron chi connectivity index (χ2n) is 5.32. The van der Waals surface area contributed by atoms with Crippen molar-refractivity contribution >= 4 is 0 Å². The molecule has 0 spiro atoms. The minimum absolute atomic E-state index is 0.258. The normalized spacial score (nSPS) is 14.9. The van der Waals surface area contributed by atoms with E-state index in [4.69, 9.17) is 9.15 Å². The summed E-state index contributed by atoms with van der Waals surface area (Å²) in [5.74, 6) is 2.67. The van der Waals surface area contributed by atoms with E-state index in [1.807, 2.05) is 13.8 Å². The average Bonchev–Trinajstić information content (AvgIpc) is 3.02. The quantitative estimate of drug-likeness (QED) is 0.929. The SMILES string of the molecule is Cc1nc(CNC(C)c2ccc3c(c2)CCO3)oc1C. The molecule has 0 radical (unpaired) electrons. The number of fused-ring (bicyclic) bond motifs is 1. The van der Waals surface area contributed by atoms with Crippen LogP contribution in [0.25, 0.3) is 0 Å². The fraction of sp³-hybridized carbons (Fsp3) is 0.438. The van der Waals surface area contributed by atoms with Crippen LogP contribution >= 0.6 is 0 Å². The van der Waals surface area contributed by atoms with Gasteiger partial charge in [0.15, 0.2) is 0 Å². The van der Waals surface area contributed by atoms with Crippen LogP contribution in [0.15, 0.2) is 22.6 Å². The molecular weight excluding hydrogens is 252 g/mol. The van der Waals surface area contributed by atoms with Crippen LogP contribution in [0.2, 0.25) is 0 Å². The molecule has 1 aromatic carbocycles. The molecule has 3 rings (SSSR count). The molecule has 0 saturated heterocycles. The lowest BCUT2D eigenvalue weighted by atomic mass is 10.0. The molecule has 0 saturated carbocycles. The number of nitrogens with one attached hydrogen (secondary N) is 1. The van der Waals surface area contributed by atoms with Crippen LogP contribution in [0.3, 0.4) is 0 Å². The third kappa shape index (κ3) is 2.56. The van der Waals surface area contributed by atoms with Gasteiger partial charge in [0.25, 0.3) is 0 Å². The lowest BCUT2D eigenvalue weighted by molar-refractivity contribution is 0.356. The molecule has 0 amide bonds. The van der Waals surface area contributed by atoms with E-state index in [0.29, 0.717) is 6.54 Å². The number of nitrogens with zero attached hydrogens (tertiary/aromatic N) is 1. The van der Waals surface area contributed by atoms with E-state index in [-0.39, 0.29) is 6.04 Å². The van der Waals surface area contributed by atoms with Crippen molar-refractivity contribution in [1.82, 2.24) is 10.3 Å². The van der Waals surface area contributed by atoms with E-state index in [0.717, 1.165) is 36.1 Å². The first-order chi connectivity index (χ1) is 9.63. The molecule has 1 aromatic heterocycles. The van der Waals surface area contributed by atoms with Crippen LogP contribution in [-0.2, 0) is 13.0 Å². The molecule has 20 heavy (non-hydrogen) atoms. The molecule has 4 heteroatoms. The van der Waals surface area contributed by atoms with Crippen LogP contribution in [-0.4, -0.2) is 11.6 Å². The smallest absolute Gasteiger partial charge is 0.208 e. The van der Waals surface area contributed by atoms with E-state index >= 15 is 0 Å². The van der Waals surface area contributed by atoms with Crippen molar-refractivity contribution in [3.05, 3.63) is 46.7 Å². The zero-order valence-corrected chi connectivity index (χ0v) is 12.2. The van der Waals surface area contributed by atoms with Gasteiger partial charge in [-0.25, -0.2) is 4.98 Å². The van der Waals surface area contributed by atoms with Crippen molar-refractivity contribution < 1.29 is 9.15 Å². The Kier molecular flexibility index (Phi) is 3.49. The number of benzene rings is 1. The minimum Gasteiger partial charge on any atom is -0.493 e. The number of aromatic nitrogens is 1. The van der Waals surface area contributed by atoms with Gasteiger partial charge < -0.3 is 14.5 Å². The molecule has 1 aliphatic heterocycles. The van der Waals surface area contributed by atoms with Crippen LogP contribution in [0.4, 0.5) is 0 Å². The van der Waals surface area contributed by atoms with Gasteiger partial charge in [-0.1, -0.05) is 12.1 Å². The van der Waals surface area contributed by atoms with Crippen molar-refractivity contribution in [3.63, 3.8) is 0 Å². The van der Waals surface area contributed by atoms with Gasteiger partial charge in [-0.3, -0.25) is 0 Å². The fourth-order valence-corrected chi connectivity index (χ4v) is 2.45. The first-order valence-electron chi connectivity index (χ1n) is 7.05. The van der Waals surface area contributed by atoms with Gasteiger partial charge in [-0.05, 0) is 38.0 Å². The summed E-state index contributed by atoms with van der Waals surface area (Å²) in [5, 5.41) is 3.45. The second kappa shape index (κ2) is 5.29. The van der Waals surface area contributed by atoms with Crippen LogP contribution < -0.4 is 10.1 Å². The average molecular weight is 272 g/mol. The molecule has 2 aromatic rings. The lowest BCUT2D eigenvalue weighted by Gasteiger charge is -2.14. The standard InChI is InChI=1S/C16H20N2O2/c1-10-12(3)20-16(18-10)9-17-11(2)13-4-5-15-14(8-13)6-7-19-15/h4-5,8,11,17H,6-7,9H2,1-3H3. The van der Waals surface area contributed by atoms with Crippen molar-refractivity contribution in [2.75, 3.05) is 6.61 Å². The highest BCUT2D eigenvalue weighted by Crippen LogP contribution is 2.28. The fourth-order valence-electron chi connectivity index (χ4n) is 2.45. The highest BCUT2D eigenvalue weighted by Gasteiger charge is 2.15. The first kappa shape index (κ1) is 13.2. The monoisotopic (exact) mass is 272 g/mol. The lowest BCUT2D eigenvalue weighted by Crippen LogP contribution is -2.18. The van der Waals surface area contributed by atoms with Crippen molar-refractivity contribution in [2.24, 2.45) is 0 Å². The highest BCUT2D eigenvalue weighted by atomic mass is 16.5. The third-order valence-corrected chi connectivity index (χ3v) is 3.85. The molecule has 4 nitrogen and oxygen atoms in total. The molecule has 106 valence electrons. The van der Waals surface area contributed by atoms with Gasteiger partial charge in [0, 0.05) is 12.5 Å².